The number of ether oxygens (including phenoxy) is 3. The summed E-state index contributed by atoms with van der Waals surface area (Å²) in [6.07, 6.45) is -4.36. The molecule has 0 fully saturated rings. The van der Waals surface area contributed by atoms with Gasteiger partial charge in [0.15, 0.2) is 9.84 Å². The molecule has 0 unspecified atom stereocenters. The first-order valence-electron chi connectivity index (χ1n) is 9.67. The number of nitrogens with one attached hydrogen (secondary N) is 1. The number of methoxy groups -OCH3 is 3. The third kappa shape index (κ3) is 6.68. The summed E-state index contributed by atoms with van der Waals surface area (Å²) < 4.78 is 86.0. The van der Waals surface area contributed by atoms with Gasteiger partial charge in [-0.15, -0.1) is 0 Å². The van der Waals surface area contributed by atoms with Gasteiger partial charge in [-0.25, -0.2) is 22.8 Å². The Morgan fingerprint density at radius 3 is 2.14 bits per heavy atom. The fourth-order valence-corrected chi connectivity index (χ4v) is 3.79. The first-order chi connectivity index (χ1) is 16.4. The van der Waals surface area contributed by atoms with Gasteiger partial charge in [-0.2, -0.15) is 13.2 Å². The molecule has 2 aromatic carbocycles. The average Bonchev–Trinajstić information content (AvgIpc) is 2.83. The molecular weight excluding hydrogens is 498 g/mol. The van der Waals surface area contributed by atoms with Crippen LogP contribution in [0.25, 0.3) is 10.9 Å². The van der Waals surface area contributed by atoms with Gasteiger partial charge < -0.3 is 19.5 Å². The molecule has 0 amide bonds. The number of carbonyl (C=O) groups excluding carboxylic acids is 1. The van der Waals surface area contributed by atoms with E-state index in [1.165, 1.54) is 40.6 Å². The van der Waals surface area contributed by atoms with Crippen LogP contribution in [0.1, 0.15) is 6.92 Å². The van der Waals surface area contributed by atoms with E-state index in [9.17, 15) is 26.0 Å². The molecule has 3 aromatic rings. The first kappa shape index (κ1) is 27.6. The molecule has 190 valence electrons. The Balaban J connectivity index is 0.000000641. The van der Waals surface area contributed by atoms with Crippen LogP contribution in [0.15, 0.2) is 35.5 Å². The van der Waals surface area contributed by atoms with Crippen molar-refractivity contribution in [3.8, 4) is 17.2 Å². The summed E-state index contributed by atoms with van der Waals surface area (Å²) in [4.78, 5) is 16.7. The second kappa shape index (κ2) is 11.2. The number of sulfone groups is 1. The van der Waals surface area contributed by atoms with Gasteiger partial charge >= 0.3 is 6.18 Å². The first-order valence-corrected chi connectivity index (χ1v) is 11.3. The van der Waals surface area contributed by atoms with E-state index < -0.39 is 33.0 Å². The SMILES string of the molecule is CCS(=O)(=O)c1cc(Nc2ncnc3cc(OC)cc(OC)c23)c(OC)cc1F.O=CC(F)(F)F. The van der Waals surface area contributed by atoms with E-state index in [-0.39, 0.29) is 17.2 Å². The highest BCUT2D eigenvalue weighted by Gasteiger charge is 2.25. The van der Waals surface area contributed by atoms with Crippen LogP contribution < -0.4 is 19.5 Å². The zero-order chi connectivity index (χ0) is 26.4. The lowest BCUT2D eigenvalue weighted by molar-refractivity contribution is -0.156. The number of benzene rings is 2. The molecule has 1 aromatic heterocycles. The van der Waals surface area contributed by atoms with Crippen molar-refractivity contribution in [2.75, 3.05) is 32.4 Å². The van der Waals surface area contributed by atoms with Crippen LogP contribution in [0.3, 0.4) is 0 Å². The van der Waals surface area contributed by atoms with Gasteiger partial charge in [-0.05, 0) is 6.07 Å². The van der Waals surface area contributed by atoms with E-state index in [4.69, 9.17) is 19.0 Å². The third-order valence-corrected chi connectivity index (χ3v) is 6.23. The van der Waals surface area contributed by atoms with Crippen LogP contribution in [-0.2, 0) is 14.6 Å². The Morgan fingerprint density at radius 2 is 1.63 bits per heavy atom. The van der Waals surface area contributed by atoms with Crippen molar-refractivity contribution < 1.29 is 45.0 Å². The second-order valence-corrected chi connectivity index (χ2v) is 8.86. The van der Waals surface area contributed by atoms with Crippen LogP contribution in [0.5, 0.6) is 17.2 Å². The third-order valence-electron chi connectivity index (χ3n) is 4.49. The predicted octanol–water partition coefficient (Wildman–Crippen LogP) is 4.08. The van der Waals surface area contributed by atoms with Crippen molar-refractivity contribution in [1.82, 2.24) is 9.97 Å². The Bertz CT molecular complexity index is 1320. The fourth-order valence-electron chi connectivity index (χ4n) is 2.83. The van der Waals surface area contributed by atoms with E-state index in [1.54, 1.807) is 12.1 Å². The summed E-state index contributed by atoms with van der Waals surface area (Å²) >= 11 is 0. The van der Waals surface area contributed by atoms with Crippen LogP contribution >= 0.6 is 0 Å². The summed E-state index contributed by atoms with van der Waals surface area (Å²) in [6, 6.07) is 5.59. The largest absolute Gasteiger partial charge is 0.497 e. The molecule has 0 radical (unpaired) electrons. The Kier molecular flexibility index (Phi) is 8.79. The van der Waals surface area contributed by atoms with Crippen LogP contribution in [0, 0.1) is 5.82 Å². The highest BCUT2D eigenvalue weighted by Crippen LogP contribution is 2.38. The number of hydrogen-bond donors (Lipinski definition) is 1. The van der Waals surface area contributed by atoms with Gasteiger partial charge in [0.2, 0.25) is 6.29 Å². The molecule has 3 rings (SSSR count). The van der Waals surface area contributed by atoms with Crippen molar-refractivity contribution >= 4 is 38.5 Å². The maximum atomic E-state index is 14.3. The molecule has 35 heavy (non-hydrogen) atoms. The summed E-state index contributed by atoms with van der Waals surface area (Å²) in [5, 5.41) is 3.56. The minimum absolute atomic E-state index is 0.122. The van der Waals surface area contributed by atoms with Crippen LogP contribution in [0.4, 0.5) is 29.1 Å². The summed E-state index contributed by atoms with van der Waals surface area (Å²) in [5.74, 6) is 0.333. The predicted molar refractivity (Wildman–Crippen MR) is 119 cm³/mol. The van der Waals surface area contributed by atoms with E-state index in [2.05, 4.69) is 15.3 Å². The molecule has 9 nitrogen and oxygen atoms in total. The molecule has 0 atom stereocenters. The summed E-state index contributed by atoms with van der Waals surface area (Å²) in [7, 11) is 0.604. The minimum atomic E-state index is -4.64. The zero-order valence-electron chi connectivity index (χ0n) is 18.9. The lowest BCUT2D eigenvalue weighted by Gasteiger charge is -2.16. The van der Waals surface area contributed by atoms with Crippen molar-refractivity contribution in [1.29, 1.82) is 0 Å². The number of aromatic nitrogens is 2. The van der Waals surface area contributed by atoms with Gasteiger partial charge in [0.1, 0.15) is 40.1 Å². The van der Waals surface area contributed by atoms with Gasteiger partial charge in [-0.1, -0.05) is 6.92 Å². The molecule has 0 saturated carbocycles. The molecular formula is C21H21F4N3O6S. The molecule has 14 heteroatoms. The molecule has 0 spiro atoms. The highest BCUT2D eigenvalue weighted by molar-refractivity contribution is 7.91. The lowest BCUT2D eigenvalue weighted by atomic mass is 10.2. The second-order valence-electron chi connectivity index (χ2n) is 6.62. The molecule has 0 aliphatic heterocycles. The highest BCUT2D eigenvalue weighted by atomic mass is 32.2. The van der Waals surface area contributed by atoms with Gasteiger partial charge in [0.05, 0.1) is 43.7 Å². The Hall–Kier alpha value is -3.68. The van der Waals surface area contributed by atoms with Gasteiger partial charge in [-0.3, -0.25) is 4.79 Å². The lowest BCUT2D eigenvalue weighted by Crippen LogP contribution is -2.08. The van der Waals surface area contributed by atoms with Crippen LogP contribution in [0.2, 0.25) is 0 Å². The smallest absolute Gasteiger partial charge is 0.446 e. The average molecular weight is 519 g/mol. The molecule has 1 N–H and O–H groups in total. The molecule has 0 aliphatic rings. The quantitative estimate of drug-likeness (QED) is 0.364. The normalized spacial score (nSPS) is 11.3. The number of nitrogens with zero attached hydrogens (tertiary/aromatic N) is 2. The van der Waals surface area contributed by atoms with E-state index >= 15 is 0 Å². The fraction of sp³-hybridized carbons (Fsp3) is 0.286. The number of anilines is 2. The number of halogens is 4. The van der Waals surface area contributed by atoms with Crippen LogP contribution in [-0.4, -0.2) is 57.9 Å². The minimum Gasteiger partial charge on any atom is -0.497 e. The topological polar surface area (TPSA) is 117 Å². The molecule has 0 saturated heterocycles. The number of rotatable bonds is 7. The number of fused-ring (bicyclic) bond motifs is 1. The number of carbonyl (C=O) groups is 1. The maximum absolute atomic E-state index is 14.3. The molecule has 0 bridgehead atoms. The van der Waals surface area contributed by atoms with E-state index in [0.29, 0.717) is 28.2 Å². The monoisotopic (exact) mass is 519 g/mol. The van der Waals surface area contributed by atoms with Crippen molar-refractivity contribution in [3.05, 3.63) is 36.4 Å². The van der Waals surface area contributed by atoms with Crippen molar-refractivity contribution in [2.24, 2.45) is 0 Å². The number of aldehydes is 1. The zero-order valence-corrected chi connectivity index (χ0v) is 19.8. The summed E-state index contributed by atoms with van der Waals surface area (Å²) in [5.41, 5.74) is 0.778. The van der Waals surface area contributed by atoms with Gasteiger partial charge in [0, 0.05) is 18.2 Å². The van der Waals surface area contributed by atoms with Gasteiger partial charge in [0.25, 0.3) is 0 Å². The van der Waals surface area contributed by atoms with E-state index in [1.807, 2.05) is 0 Å². The molecule has 0 aliphatic carbocycles. The Morgan fingerprint density at radius 1 is 1.00 bits per heavy atom. The van der Waals surface area contributed by atoms with Crippen molar-refractivity contribution in [3.63, 3.8) is 0 Å². The maximum Gasteiger partial charge on any atom is 0.446 e. The number of hydrogen-bond acceptors (Lipinski definition) is 9. The molecule has 1 heterocycles. The Labute approximate surface area is 198 Å². The standard InChI is InChI=1S/C19H20FN3O5S.C2HF3O/c1-5-29(24,25)17-9-13(15(27-3)8-12(17)20)23-19-18-14(21-10-22-19)6-11(26-2)7-16(18)28-4;3-2(4,5)1-6/h6-10H,5H2,1-4H3,(H,21,22,23);1H. The van der Waals surface area contributed by atoms with E-state index in [0.717, 1.165) is 6.07 Å². The summed E-state index contributed by atoms with van der Waals surface area (Å²) in [6.45, 7) is 1.45. The number of alkyl halides is 3. The van der Waals surface area contributed by atoms with Crippen molar-refractivity contribution in [2.45, 2.75) is 18.0 Å².